The van der Waals surface area contributed by atoms with Crippen LogP contribution < -0.4 is 0 Å². The zero-order chi connectivity index (χ0) is 12.4. The monoisotopic (exact) mass is 229 g/mol. The fourth-order valence-electron chi connectivity index (χ4n) is 1.76. The molecule has 0 fully saturated rings. The van der Waals surface area contributed by atoms with Crippen LogP contribution in [0.3, 0.4) is 0 Å². The number of carbonyl (C=O) groups excluding carboxylic acids is 1. The molecule has 0 unspecified atom stereocenters. The Labute approximate surface area is 95.7 Å². The summed E-state index contributed by atoms with van der Waals surface area (Å²) < 4.78 is 0. The van der Waals surface area contributed by atoms with Crippen molar-refractivity contribution in [2.24, 2.45) is 5.18 Å². The first-order valence-corrected chi connectivity index (χ1v) is 4.76. The standard InChI is InChI=1S/C12H7NO4/c14-6-8-5-7-3-1-2-4-9(7)11(13-17)10(8)12(15)16/h1-6H,(H,15,16). The lowest BCUT2D eigenvalue weighted by atomic mass is 9.99. The van der Waals surface area contributed by atoms with Gasteiger partial charge in [-0.1, -0.05) is 24.3 Å². The lowest BCUT2D eigenvalue weighted by Gasteiger charge is -2.06. The third-order valence-electron chi connectivity index (χ3n) is 2.48. The maximum Gasteiger partial charge on any atom is 0.338 e. The van der Waals surface area contributed by atoms with Crippen LogP contribution in [-0.4, -0.2) is 17.4 Å². The molecule has 0 bridgehead atoms. The van der Waals surface area contributed by atoms with E-state index in [-0.39, 0.29) is 16.8 Å². The number of aromatic carboxylic acids is 1. The van der Waals surface area contributed by atoms with E-state index < -0.39 is 5.97 Å². The quantitative estimate of drug-likeness (QED) is 0.647. The van der Waals surface area contributed by atoms with E-state index in [2.05, 4.69) is 5.18 Å². The maximum absolute atomic E-state index is 11.0. The van der Waals surface area contributed by atoms with Gasteiger partial charge in [0.05, 0.1) is 5.56 Å². The van der Waals surface area contributed by atoms with Gasteiger partial charge in [0.2, 0.25) is 0 Å². The van der Waals surface area contributed by atoms with Gasteiger partial charge in [0.25, 0.3) is 0 Å². The summed E-state index contributed by atoms with van der Waals surface area (Å²) in [6, 6.07) is 8.10. The number of carboxylic acid groups (broad SMARTS) is 1. The third-order valence-corrected chi connectivity index (χ3v) is 2.48. The molecule has 0 aliphatic heterocycles. The summed E-state index contributed by atoms with van der Waals surface area (Å²) in [6.07, 6.45) is 0.407. The molecule has 0 aromatic heterocycles. The van der Waals surface area contributed by atoms with E-state index in [1.54, 1.807) is 24.3 Å². The Morgan fingerprint density at radius 1 is 1.29 bits per heavy atom. The van der Waals surface area contributed by atoms with Crippen molar-refractivity contribution in [2.45, 2.75) is 0 Å². The van der Waals surface area contributed by atoms with Crippen LogP contribution in [0.15, 0.2) is 35.5 Å². The molecule has 0 heterocycles. The number of nitrogens with zero attached hydrogens (tertiary/aromatic N) is 1. The molecule has 1 N–H and O–H groups in total. The molecular formula is C12H7NO4. The zero-order valence-corrected chi connectivity index (χ0v) is 8.58. The van der Waals surface area contributed by atoms with Crippen molar-refractivity contribution in [3.05, 3.63) is 46.4 Å². The molecule has 84 valence electrons. The predicted octanol–water partition coefficient (Wildman–Crippen LogP) is 2.75. The molecule has 0 amide bonds. The number of carboxylic acids is 1. The van der Waals surface area contributed by atoms with Crippen molar-refractivity contribution in [2.75, 3.05) is 0 Å². The summed E-state index contributed by atoms with van der Waals surface area (Å²) in [6.45, 7) is 0. The van der Waals surface area contributed by atoms with Gasteiger partial charge in [-0.25, -0.2) is 4.79 Å². The van der Waals surface area contributed by atoms with Crippen LogP contribution in [0, 0.1) is 4.91 Å². The largest absolute Gasteiger partial charge is 0.478 e. The maximum atomic E-state index is 11.0. The van der Waals surface area contributed by atoms with Crippen molar-refractivity contribution in [3.63, 3.8) is 0 Å². The minimum atomic E-state index is -1.34. The van der Waals surface area contributed by atoms with Crippen LogP contribution in [0.5, 0.6) is 0 Å². The van der Waals surface area contributed by atoms with Gasteiger partial charge < -0.3 is 5.11 Å². The van der Waals surface area contributed by atoms with E-state index in [0.717, 1.165) is 0 Å². The van der Waals surface area contributed by atoms with Crippen LogP contribution in [-0.2, 0) is 0 Å². The number of rotatable bonds is 3. The molecular weight excluding hydrogens is 222 g/mol. The second-order valence-electron chi connectivity index (χ2n) is 3.42. The average molecular weight is 229 g/mol. The number of fused-ring (bicyclic) bond motifs is 1. The molecule has 0 aliphatic carbocycles. The van der Waals surface area contributed by atoms with Crippen molar-refractivity contribution >= 4 is 28.7 Å². The van der Waals surface area contributed by atoms with Crippen LogP contribution >= 0.6 is 0 Å². The predicted molar refractivity (Wildman–Crippen MR) is 61.7 cm³/mol. The highest BCUT2D eigenvalue weighted by Gasteiger charge is 2.19. The Bertz CT molecular complexity index is 634. The molecule has 0 atom stereocenters. The van der Waals surface area contributed by atoms with E-state index in [9.17, 15) is 14.5 Å². The van der Waals surface area contributed by atoms with E-state index in [1.165, 1.54) is 6.07 Å². The van der Waals surface area contributed by atoms with Crippen LogP contribution in [0.1, 0.15) is 20.7 Å². The molecule has 5 nitrogen and oxygen atoms in total. The first-order valence-electron chi connectivity index (χ1n) is 4.76. The summed E-state index contributed by atoms with van der Waals surface area (Å²) in [7, 11) is 0. The van der Waals surface area contributed by atoms with Gasteiger partial charge in [0.15, 0.2) is 6.29 Å². The molecule has 2 rings (SSSR count). The Morgan fingerprint density at radius 3 is 2.59 bits per heavy atom. The lowest BCUT2D eigenvalue weighted by Crippen LogP contribution is -2.02. The van der Waals surface area contributed by atoms with Crippen molar-refractivity contribution < 1.29 is 14.7 Å². The molecule has 0 spiro atoms. The molecule has 0 radical (unpaired) electrons. The molecule has 0 saturated carbocycles. The molecule has 2 aromatic carbocycles. The van der Waals surface area contributed by atoms with Gasteiger partial charge in [-0.05, 0) is 16.6 Å². The zero-order valence-electron chi connectivity index (χ0n) is 8.58. The Balaban J connectivity index is 2.99. The Morgan fingerprint density at radius 2 is 2.00 bits per heavy atom. The number of carbonyl (C=O) groups is 2. The topological polar surface area (TPSA) is 83.8 Å². The van der Waals surface area contributed by atoms with Crippen LogP contribution in [0.4, 0.5) is 5.69 Å². The summed E-state index contributed by atoms with van der Waals surface area (Å²) >= 11 is 0. The van der Waals surface area contributed by atoms with Crippen LogP contribution in [0.25, 0.3) is 10.8 Å². The van der Waals surface area contributed by atoms with Crippen molar-refractivity contribution in [3.8, 4) is 0 Å². The first kappa shape index (κ1) is 10.9. The third kappa shape index (κ3) is 1.67. The number of hydrogen-bond donors (Lipinski definition) is 1. The Hall–Kier alpha value is -2.56. The fraction of sp³-hybridized carbons (Fsp3) is 0. The minimum Gasteiger partial charge on any atom is -0.478 e. The minimum absolute atomic E-state index is 0.0502. The van der Waals surface area contributed by atoms with Crippen molar-refractivity contribution in [1.82, 2.24) is 0 Å². The molecule has 0 saturated heterocycles. The second-order valence-corrected chi connectivity index (χ2v) is 3.42. The molecule has 2 aromatic rings. The van der Waals surface area contributed by atoms with E-state index in [1.807, 2.05) is 0 Å². The normalized spacial score (nSPS) is 10.1. The van der Waals surface area contributed by atoms with Gasteiger partial charge in [0, 0.05) is 10.9 Å². The number of hydrogen-bond acceptors (Lipinski definition) is 4. The van der Waals surface area contributed by atoms with E-state index in [4.69, 9.17) is 5.11 Å². The number of aldehydes is 1. The molecule has 5 heteroatoms. The first-order chi connectivity index (χ1) is 8.19. The molecule has 0 aliphatic rings. The summed E-state index contributed by atoms with van der Waals surface area (Å²) in [5.74, 6) is -1.34. The van der Waals surface area contributed by atoms with Gasteiger partial charge in [-0.3, -0.25) is 4.79 Å². The fourth-order valence-corrected chi connectivity index (χ4v) is 1.76. The SMILES string of the molecule is O=Cc1cc2ccccc2c(N=O)c1C(=O)O. The Kier molecular flexibility index (Phi) is 2.66. The summed E-state index contributed by atoms with van der Waals surface area (Å²) in [5.41, 5.74) is -0.614. The van der Waals surface area contributed by atoms with Crippen LogP contribution in [0.2, 0.25) is 0 Å². The summed E-state index contributed by atoms with van der Waals surface area (Å²) in [5, 5.41) is 12.8. The lowest BCUT2D eigenvalue weighted by molar-refractivity contribution is 0.0695. The number of nitroso groups, excluding NO2 is 1. The summed E-state index contributed by atoms with van der Waals surface area (Å²) in [4.78, 5) is 32.7. The molecule has 17 heavy (non-hydrogen) atoms. The van der Waals surface area contributed by atoms with Gasteiger partial charge in [-0.2, -0.15) is 0 Å². The highest BCUT2D eigenvalue weighted by Crippen LogP contribution is 2.32. The smallest absolute Gasteiger partial charge is 0.338 e. The second kappa shape index (κ2) is 4.13. The van der Waals surface area contributed by atoms with Crippen molar-refractivity contribution in [1.29, 1.82) is 0 Å². The highest BCUT2D eigenvalue weighted by molar-refractivity contribution is 6.10. The van der Waals surface area contributed by atoms with E-state index >= 15 is 0 Å². The van der Waals surface area contributed by atoms with E-state index in [0.29, 0.717) is 17.1 Å². The van der Waals surface area contributed by atoms with Gasteiger partial charge >= 0.3 is 5.97 Å². The van der Waals surface area contributed by atoms with Gasteiger partial charge in [0.1, 0.15) is 5.69 Å². The average Bonchev–Trinajstić information content (AvgIpc) is 2.35. The highest BCUT2D eigenvalue weighted by atomic mass is 16.4. The van der Waals surface area contributed by atoms with Gasteiger partial charge in [-0.15, -0.1) is 4.91 Å². The number of benzene rings is 2.